The fourth-order valence-electron chi connectivity index (χ4n) is 0.532. The molecular formula is C10H14. The van der Waals surface area contributed by atoms with Gasteiger partial charge in [0.2, 0.25) is 0 Å². The standard InChI is InChI=1S/C10H14/c1-3-5-7-9-10-8-6-4-2/h3-5,7,9-10H,1-2,6,8H2/b7-5-,10-9+. The van der Waals surface area contributed by atoms with Gasteiger partial charge in [0.15, 0.2) is 0 Å². The summed E-state index contributed by atoms with van der Waals surface area (Å²) in [7, 11) is 0. The van der Waals surface area contributed by atoms with Crippen LogP contribution in [-0.2, 0) is 0 Å². The second-order valence-corrected chi connectivity index (χ2v) is 1.91. The van der Waals surface area contributed by atoms with Gasteiger partial charge in [-0.1, -0.05) is 43.0 Å². The molecule has 0 aliphatic heterocycles. The van der Waals surface area contributed by atoms with Crippen LogP contribution in [0.4, 0.5) is 0 Å². The summed E-state index contributed by atoms with van der Waals surface area (Å²) in [5.74, 6) is 0. The fourth-order valence-corrected chi connectivity index (χ4v) is 0.532. The van der Waals surface area contributed by atoms with Crippen molar-refractivity contribution < 1.29 is 0 Å². The first-order chi connectivity index (χ1) is 4.91. The van der Waals surface area contributed by atoms with Crippen molar-refractivity contribution in [1.29, 1.82) is 0 Å². The topological polar surface area (TPSA) is 0 Å². The van der Waals surface area contributed by atoms with E-state index in [1.807, 2.05) is 24.3 Å². The maximum atomic E-state index is 3.63. The van der Waals surface area contributed by atoms with E-state index in [0.29, 0.717) is 0 Å². The maximum absolute atomic E-state index is 3.63. The summed E-state index contributed by atoms with van der Waals surface area (Å²) < 4.78 is 0. The monoisotopic (exact) mass is 134 g/mol. The molecular weight excluding hydrogens is 120 g/mol. The molecule has 10 heavy (non-hydrogen) atoms. The van der Waals surface area contributed by atoms with E-state index in [9.17, 15) is 0 Å². The van der Waals surface area contributed by atoms with Gasteiger partial charge in [0.25, 0.3) is 0 Å². The van der Waals surface area contributed by atoms with Crippen molar-refractivity contribution in [3.05, 3.63) is 49.6 Å². The van der Waals surface area contributed by atoms with Gasteiger partial charge in [-0.15, -0.1) is 6.58 Å². The number of hydrogen-bond donors (Lipinski definition) is 0. The maximum Gasteiger partial charge on any atom is -0.0313 e. The smallest absolute Gasteiger partial charge is 0.0313 e. The lowest BCUT2D eigenvalue weighted by Gasteiger charge is -1.80. The Morgan fingerprint density at radius 3 is 2.30 bits per heavy atom. The Morgan fingerprint density at radius 1 is 0.900 bits per heavy atom. The summed E-state index contributed by atoms with van der Waals surface area (Å²) in [6.45, 7) is 7.18. The zero-order chi connectivity index (χ0) is 7.66. The Kier molecular flexibility index (Phi) is 7.13. The summed E-state index contributed by atoms with van der Waals surface area (Å²) in [6, 6.07) is 0. The Labute approximate surface area is 63.3 Å². The molecule has 0 radical (unpaired) electrons. The Morgan fingerprint density at radius 2 is 1.70 bits per heavy atom. The minimum absolute atomic E-state index is 1.05. The highest BCUT2D eigenvalue weighted by molar-refractivity contribution is 5.08. The van der Waals surface area contributed by atoms with Crippen molar-refractivity contribution >= 4 is 0 Å². The molecule has 0 rings (SSSR count). The van der Waals surface area contributed by atoms with E-state index < -0.39 is 0 Å². The van der Waals surface area contributed by atoms with E-state index in [-0.39, 0.29) is 0 Å². The molecule has 0 nitrogen and oxygen atoms in total. The Bertz CT molecular complexity index is 138. The van der Waals surface area contributed by atoms with E-state index in [4.69, 9.17) is 0 Å². The van der Waals surface area contributed by atoms with Crippen molar-refractivity contribution in [3.8, 4) is 0 Å². The number of allylic oxidation sites excluding steroid dienone is 6. The third-order valence-corrected chi connectivity index (χ3v) is 1.03. The fraction of sp³-hybridized carbons (Fsp3) is 0.200. The molecule has 0 unspecified atom stereocenters. The first-order valence-corrected chi connectivity index (χ1v) is 3.47. The lowest BCUT2D eigenvalue weighted by Crippen LogP contribution is -1.60. The zero-order valence-electron chi connectivity index (χ0n) is 6.29. The molecule has 0 atom stereocenters. The van der Waals surface area contributed by atoms with Crippen LogP contribution in [0.3, 0.4) is 0 Å². The highest BCUT2D eigenvalue weighted by Gasteiger charge is 1.70. The van der Waals surface area contributed by atoms with Gasteiger partial charge in [-0.25, -0.2) is 0 Å². The second kappa shape index (κ2) is 7.96. The average Bonchev–Trinajstić information content (AvgIpc) is 1.97. The SMILES string of the molecule is C=C/C=C\C=C\CCC=C. The van der Waals surface area contributed by atoms with E-state index >= 15 is 0 Å². The van der Waals surface area contributed by atoms with Gasteiger partial charge in [0.1, 0.15) is 0 Å². The van der Waals surface area contributed by atoms with E-state index in [1.165, 1.54) is 0 Å². The van der Waals surface area contributed by atoms with Crippen molar-refractivity contribution in [2.75, 3.05) is 0 Å². The van der Waals surface area contributed by atoms with Crippen molar-refractivity contribution in [2.24, 2.45) is 0 Å². The minimum atomic E-state index is 1.05. The molecule has 0 aliphatic carbocycles. The predicted molar refractivity (Wildman–Crippen MR) is 47.9 cm³/mol. The van der Waals surface area contributed by atoms with Crippen LogP contribution >= 0.6 is 0 Å². The third kappa shape index (κ3) is 6.96. The lowest BCUT2D eigenvalue weighted by atomic mass is 10.3. The molecule has 0 fully saturated rings. The van der Waals surface area contributed by atoms with E-state index in [1.54, 1.807) is 6.08 Å². The lowest BCUT2D eigenvalue weighted by molar-refractivity contribution is 1.06. The summed E-state index contributed by atoms with van der Waals surface area (Å²) in [5, 5.41) is 0. The molecule has 0 N–H and O–H groups in total. The van der Waals surface area contributed by atoms with Crippen LogP contribution in [0.15, 0.2) is 49.6 Å². The largest absolute Gasteiger partial charge is 0.103 e. The van der Waals surface area contributed by atoms with Gasteiger partial charge in [0, 0.05) is 0 Å². The third-order valence-electron chi connectivity index (χ3n) is 1.03. The molecule has 0 saturated heterocycles. The summed E-state index contributed by atoms with van der Waals surface area (Å²) in [4.78, 5) is 0. The van der Waals surface area contributed by atoms with Crippen molar-refractivity contribution in [2.45, 2.75) is 12.8 Å². The molecule has 0 aliphatic rings. The molecule has 0 spiro atoms. The van der Waals surface area contributed by atoms with Crippen molar-refractivity contribution in [3.63, 3.8) is 0 Å². The molecule has 0 saturated carbocycles. The quantitative estimate of drug-likeness (QED) is 0.307. The van der Waals surface area contributed by atoms with E-state index in [2.05, 4.69) is 19.2 Å². The second-order valence-electron chi connectivity index (χ2n) is 1.91. The van der Waals surface area contributed by atoms with Gasteiger partial charge < -0.3 is 0 Å². The van der Waals surface area contributed by atoms with Gasteiger partial charge in [0.05, 0.1) is 0 Å². The highest BCUT2D eigenvalue weighted by Crippen LogP contribution is 1.90. The first kappa shape index (κ1) is 8.96. The molecule has 54 valence electrons. The molecule has 0 heterocycles. The van der Waals surface area contributed by atoms with Gasteiger partial charge in [-0.2, -0.15) is 0 Å². The van der Waals surface area contributed by atoms with E-state index in [0.717, 1.165) is 12.8 Å². The number of unbranched alkanes of at least 4 members (excludes halogenated alkanes) is 1. The summed E-state index contributed by atoms with van der Waals surface area (Å²) >= 11 is 0. The Balaban J connectivity index is 3.27. The van der Waals surface area contributed by atoms with Crippen LogP contribution in [-0.4, -0.2) is 0 Å². The summed E-state index contributed by atoms with van der Waals surface area (Å²) in [6.07, 6.45) is 13.8. The average molecular weight is 134 g/mol. The molecule has 0 aromatic rings. The van der Waals surface area contributed by atoms with Gasteiger partial charge >= 0.3 is 0 Å². The number of hydrogen-bond acceptors (Lipinski definition) is 0. The first-order valence-electron chi connectivity index (χ1n) is 3.47. The molecule has 0 aromatic heterocycles. The van der Waals surface area contributed by atoms with Crippen molar-refractivity contribution in [1.82, 2.24) is 0 Å². The van der Waals surface area contributed by atoms with Crippen LogP contribution in [0.2, 0.25) is 0 Å². The van der Waals surface area contributed by atoms with Gasteiger partial charge in [-0.3, -0.25) is 0 Å². The molecule has 0 amide bonds. The predicted octanol–water partition coefficient (Wildman–Crippen LogP) is 3.25. The van der Waals surface area contributed by atoms with Crippen LogP contribution in [0.25, 0.3) is 0 Å². The van der Waals surface area contributed by atoms with Crippen LogP contribution < -0.4 is 0 Å². The normalized spacial score (nSPS) is 10.8. The minimum Gasteiger partial charge on any atom is -0.103 e. The molecule has 0 aromatic carbocycles. The number of rotatable bonds is 5. The van der Waals surface area contributed by atoms with Crippen LogP contribution in [0.5, 0.6) is 0 Å². The zero-order valence-corrected chi connectivity index (χ0v) is 6.29. The van der Waals surface area contributed by atoms with Crippen LogP contribution in [0, 0.1) is 0 Å². The Hall–Kier alpha value is -1.04. The molecule has 0 heteroatoms. The summed E-state index contributed by atoms with van der Waals surface area (Å²) in [5.41, 5.74) is 0. The van der Waals surface area contributed by atoms with Crippen LogP contribution in [0.1, 0.15) is 12.8 Å². The molecule has 0 bridgehead atoms. The highest BCUT2D eigenvalue weighted by atomic mass is 13.8. The van der Waals surface area contributed by atoms with Gasteiger partial charge in [-0.05, 0) is 12.8 Å².